The molecule has 0 unspecified atom stereocenters. The van der Waals surface area contributed by atoms with Gasteiger partial charge in [0.2, 0.25) is 0 Å². The summed E-state index contributed by atoms with van der Waals surface area (Å²) in [6.45, 7) is 5.04. The van der Waals surface area contributed by atoms with E-state index in [9.17, 15) is 14.0 Å². The van der Waals surface area contributed by atoms with Crippen LogP contribution in [-0.2, 0) is 9.53 Å². The van der Waals surface area contributed by atoms with E-state index >= 15 is 0 Å². The number of carbonyl (C=O) groups is 2. The molecule has 0 aliphatic rings. The molecule has 29 heavy (non-hydrogen) atoms. The zero-order valence-corrected chi connectivity index (χ0v) is 16.9. The molecule has 0 aliphatic carbocycles. The predicted molar refractivity (Wildman–Crippen MR) is 108 cm³/mol. The molecule has 0 radical (unpaired) electrons. The van der Waals surface area contributed by atoms with E-state index < -0.39 is 24.3 Å². The lowest BCUT2D eigenvalue weighted by atomic mass is 10.1. The SMILES string of the molecule is Cc1ccc(NC(=O)COC(=O)c2c(C)nn(-c3ccc(F)cc3)c2Cl)cc1C. The highest BCUT2D eigenvalue weighted by molar-refractivity contribution is 6.33. The third-order valence-electron chi connectivity index (χ3n) is 4.40. The molecule has 0 aliphatic heterocycles. The van der Waals surface area contributed by atoms with Gasteiger partial charge in [0.1, 0.15) is 16.5 Å². The molecule has 1 aromatic heterocycles. The summed E-state index contributed by atoms with van der Waals surface area (Å²) in [7, 11) is 0. The summed E-state index contributed by atoms with van der Waals surface area (Å²) in [5.41, 5.74) is 3.64. The number of nitrogens with zero attached hydrogens (tertiary/aromatic N) is 2. The minimum Gasteiger partial charge on any atom is -0.452 e. The molecular weight excluding hydrogens is 397 g/mol. The Morgan fingerprint density at radius 2 is 1.79 bits per heavy atom. The molecule has 3 aromatic rings. The third kappa shape index (κ3) is 4.63. The minimum absolute atomic E-state index is 0.0219. The van der Waals surface area contributed by atoms with Crippen LogP contribution in [0.2, 0.25) is 5.15 Å². The number of halogens is 2. The summed E-state index contributed by atoms with van der Waals surface area (Å²) >= 11 is 6.28. The zero-order chi connectivity index (χ0) is 21.1. The van der Waals surface area contributed by atoms with Crippen LogP contribution in [0.5, 0.6) is 0 Å². The molecule has 0 fully saturated rings. The van der Waals surface area contributed by atoms with Crippen molar-refractivity contribution in [1.82, 2.24) is 9.78 Å². The van der Waals surface area contributed by atoms with E-state index in [-0.39, 0.29) is 10.7 Å². The van der Waals surface area contributed by atoms with Gasteiger partial charge in [-0.3, -0.25) is 4.79 Å². The second-order valence-electron chi connectivity index (χ2n) is 6.56. The maximum atomic E-state index is 13.1. The van der Waals surface area contributed by atoms with Crippen LogP contribution in [0.1, 0.15) is 27.2 Å². The molecule has 3 rings (SSSR count). The topological polar surface area (TPSA) is 73.2 Å². The van der Waals surface area contributed by atoms with E-state index in [2.05, 4.69) is 10.4 Å². The monoisotopic (exact) mass is 415 g/mol. The van der Waals surface area contributed by atoms with E-state index in [0.717, 1.165) is 11.1 Å². The van der Waals surface area contributed by atoms with Crippen molar-refractivity contribution >= 4 is 29.2 Å². The fourth-order valence-electron chi connectivity index (χ4n) is 2.70. The summed E-state index contributed by atoms with van der Waals surface area (Å²) in [6, 6.07) is 11.0. The Morgan fingerprint density at radius 3 is 2.45 bits per heavy atom. The van der Waals surface area contributed by atoms with Crippen molar-refractivity contribution in [3.63, 3.8) is 0 Å². The van der Waals surface area contributed by atoms with E-state index in [0.29, 0.717) is 17.1 Å². The molecule has 8 heteroatoms. The van der Waals surface area contributed by atoms with Crippen molar-refractivity contribution in [1.29, 1.82) is 0 Å². The first-order valence-electron chi connectivity index (χ1n) is 8.81. The van der Waals surface area contributed by atoms with Gasteiger partial charge in [-0.2, -0.15) is 5.10 Å². The summed E-state index contributed by atoms with van der Waals surface area (Å²) < 4.78 is 19.5. The number of anilines is 1. The number of nitrogens with one attached hydrogen (secondary N) is 1. The lowest BCUT2D eigenvalue weighted by Gasteiger charge is -2.08. The van der Waals surface area contributed by atoms with Crippen LogP contribution in [0.15, 0.2) is 42.5 Å². The van der Waals surface area contributed by atoms with Crippen LogP contribution in [0.25, 0.3) is 5.69 Å². The number of hydrogen-bond acceptors (Lipinski definition) is 4. The van der Waals surface area contributed by atoms with Gasteiger partial charge in [0.25, 0.3) is 5.91 Å². The Hall–Kier alpha value is -3.19. The predicted octanol–water partition coefficient (Wildman–Crippen LogP) is 4.39. The summed E-state index contributed by atoms with van der Waals surface area (Å²) in [5, 5.41) is 6.90. The molecule has 0 saturated heterocycles. The standard InChI is InChI=1S/C21H19ClFN3O3/c1-12-4-7-16(10-13(12)2)24-18(27)11-29-21(28)19-14(3)25-26(20(19)22)17-8-5-15(23)6-9-17/h4-10H,11H2,1-3H3,(H,24,27). The lowest BCUT2D eigenvalue weighted by molar-refractivity contribution is -0.119. The maximum Gasteiger partial charge on any atom is 0.343 e. The molecule has 0 saturated carbocycles. The second kappa shape index (κ2) is 8.45. The van der Waals surface area contributed by atoms with Gasteiger partial charge in [-0.15, -0.1) is 0 Å². The fraction of sp³-hybridized carbons (Fsp3) is 0.190. The van der Waals surface area contributed by atoms with Gasteiger partial charge >= 0.3 is 5.97 Å². The smallest absolute Gasteiger partial charge is 0.343 e. The third-order valence-corrected chi connectivity index (χ3v) is 4.75. The van der Waals surface area contributed by atoms with Crippen molar-refractivity contribution in [3.8, 4) is 5.69 Å². The van der Waals surface area contributed by atoms with E-state index in [4.69, 9.17) is 16.3 Å². The van der Waals surface area contributed by atoms with Gasteiger partial charge in [-0.25, -0.2) is 13.9 Å². The van der Waals surface area contributed by atoms with E-state index in [1.807, 2.05) is 26.0 Å². The molecule has 1 amide bonds. The Bertz CT molecular complexity index is 1080. The first kappa shape index (κ1) is 20.5. The van der Waals surface area contributed by atoms with Crippen molar-refractivity contribution in [2.24, 2.45) is 0 Å². The summed E-state index contributed by atoms with van der Waals surface area (Å²) in [4.78, 5) is 24.5. The number of rotatable bonds is 5. The summed E-state index contributed by atoms with van der Waals surface area (Å²) in [5.74, 6) is -1.64. The average molecular weight is 416 g/mol. The molecule has 6 nitrogen and oxygen atoms in total. The molecule has 1 N–H and O–H groups in total. The highest BCUT2D eigenvalue weighted by Crippen LogP contribution is 2.24. The van der Waals surface area contributed by atoms with Crippen molar-refractivity contribution < 1.29 is 18.7 Å². The van der Waals surface area contributed by atoms with Gasteiger partial charge in [0.05, 0.1) is 11.4 Å². The van der Waals surface area contributed by atoms with Gasteiger partial charge in [-0.05, 0) is 68.3 Å². The number of esters is 1. The number of amides is 1. The van der Waals surface area contributed by atoms with Crippen LogP contribution in [0.3, 0.4) is 0 Å². The molecule has 1 heterocycles. The molecule has 0 atom stereocenters. The lowest BCUT2D eigenvalue weighted by Crippen LogP contribution is -2.21. The van der Waals surface area contributed by atoms with Crippen LogP contribution in [0.4, 0.5) is 10.1 Å². The van der Waals surface area contributed by atoms with Gasteiger partial charge < -0.3 is 10.1 Å². The summed E-state index contributed by atoms with van der Waals surface area (Å²) in [6.07, 6.45) is 0. The fourth-order valence-corrected chi connectivity index (χ4v) is 3.05. The van der Waals surface area contributed by atoms with E-state index in [1.54, 1.807) is 13.0 Å². The largest absolute Gasteiger partial charge is 0.452 e. The van der Waals surface area contributed by atoms with Crippen molar-refractivity contribution in [3.05, 3.63) is 75.8 Å². The maximum absolute atomic E-state index is 13.1. The number of aromatic nitrogens is 2. The minimum atomic E-state index is -0.768. The van der Waals surface area contributed by atoms with Gasteiger partial charge in [0.15, 0.2) is 6.61 Å². The Morgan fingerprint density at radius 1 is 1.10 bits per heavy atom. The van der Waals surface area contributed by atoms with Crippen LogP contribution < -0.4 is 5.32 Å². The van der Waals surface area contributed by atoms with Gasteiger partial charge in [0, 0.05) is 5.69 Å². The van der Waals surface area contributed by atoms with Crippen LogP contribution >= 0.6 is 11.6 Å². The number of ether oxygens (including phenoxy) is 1. The van der Waals surface area contributed by atoms with E-state index in [1.165, 1.54) is 28.9 Å². The molecule has 0 spiro atoms. The van der Waals surface area contributed by atoms with Crippen LogP contribution in [-0.4, -0.2) is 28.3 Å². The zero-order valence-electron chi connectivity index (χ0n) is 16.1. The second-order valence-corrected chi connectivity index (χ2v) is 6.92. The molecule has 2 aromatic carbocycles. The van der Waals surface area contributed by atoms with Crippen molar-refractivity contribution in [2.45, 2.75) is 20.8 Å². The number of aryl methyl sites for hydroxylation is 3. The normalized spacial score (nSPS) is 10.7. The molecule has 150 valence electrons. The molecular formula is C21H19ClFN3O3. The number of carbonyl (C=O) groups excluding carboxylic acids is 2. The van der Waals surface area contributed by atoms with Crippen LogP contribution in [0, 0.1) is 26.6 Å². The quantitative estimate of drug-likeness (QED) is 0.627. The first-order chi connectivity index (χ1) is 13.8. The Labute approximate surface area is 172 Å². The number of hydrogen-bond donors (Lipinski definition) is 1. The van der Waals surface area contributed by atoms with Crippen molar-refractivity contribution in [2.75, 3.05) is 11.9 Å². The number of benzene rings is 2. The average Bonchev–Trinajstić information content (AvgIpc) is 2.98. The highest BCUT2D eigenvalue weighted by atomic mass is 35.5. The first-order valence-corrected chi connectivity index (χ1v) is 9.19. The molecule has 0 bridgehead atoms. The Kier molecular flexibility index (Phi) is 5.98. The highest BCUT2D eigenvalue weighted by Gasteiger charge is 2.23. The van der Waals surface area contributed by atoms with Gasteiger partial charge in [-0.1, -0.05) is 17.7 Å². The Balaban J connectivity index is 1.68.